The predicted octanol–water partition coefficient (Wildman–Crippen LogP) is 2.98. The molecular formula is C18H16BrN3O4. The number of aryl methyl sites for hydroxylation is 1. The molecule has 1 atom stereocenters. The van der Waals surface area contributed by atoms with E-state index in [-0.39, 0.29) is 5.75 Å². The molecule has 0 aliphatic heterocycles. The Morgan fingerprint density at radius 3 is 2.73 bits per heavy atom. The third kappa shape index (κ3) is 3.55. The van der Waals surface area contributed by atoms with E-state index in [1.165, 1.54) is 13.2 Å². The summed E-state index contributed by atoms with van der Waals surface area (Å²) in [5.74, 6) is -0.268. The van der Waals surface area contributed by atoms with E-state index in [4.69, 9.17) is 4.74 Å². The number of fused-ring (bicyclic) bond motifs is 1. The van der Waals surface area contributed by atoms with Gasteiger partial charge in [0.15, 0.2) is 6.04 Å². The fraction of sp³-hybridized carbons (Fsp3) is 0.167. The lowest BCUT2D eigenvalue weighted by Gasteiger charge is -2.17. The number of halogens is 1. The third-order valence-corrected chi connectivity index (χ3v) is 4.52. The number of esters is 1. The third-order valence-electron chi connectivity index (χ3n) is 3.88. The molecule has 3 aromatic rings. The van der Waals surface area contributed by atoms with Gasteiger partial charge in [-0.15, -0.1) is 0 Å². The molecule has 0 saturated carbocycles. The van der Waals surface area contributed by atoms with Crippen LogP contribution in [0.1, 0.15) is 27.8 Å². The maximum Gasteiger partial charge on any atom is 0.333 e. The van der Waals surface area contributed by atoms with Crippen molar-refractivity contribution in [3.05, 3.63) is 57.8 Å². The molecule has 2 aromatic carbocycles. The molecule has 3 N–H and O–H groups in total. The van der Waals surface area contributed by atoms with E-state index in [0.717, 1.165) is 16.9 Å². The van der Waals surface area contributed by atoms with Gasteiger partial charge in [0.1, 0.15) is 11.6 Å². The van der Waals surface area contributed by atoms with Gasteiger partial charge in [-0.25, -0.2) is 9.78 Å². The van der Waals surface area contributed by atoms with Crippen molar-refractivity contribution in [2.24, 2.45) is 0 Å². The van der Waals surface area contributed by atoms with Crippen molar-refractivity contribution >= 4 is 38.8 Å². The number of ether oxygens (including phenoxy) is 1. The molecular weight excluding hydrogens is 402 g/mol. The highest BCUT2D eigenvalue weighted by atomic mass is 79.9. The smallest absolute Gasteiger partial charge is 0.333 e. The van der Waals surface area contributed by atoms with Crippen LogP contribution < -0.4 is 5.32 Å². The van der Waals surface area contributed by atoms with Crippen LogP contribution in [0.2, 0.25) is 0 Å². The van der Waals surface area contributed by atoms with Crippen LogP contribution in [0.3, 0.4) is 0 Å². The van der Waals surface area contributed by atoms with E-state index < -0.39 is 17.9 Å². The SMILES string of the molecule is COC(=O)C(NC(=O)c1ccc2nc(C)[nH]c2c1)c1ccc(O)c(Br)c1. The number of phenolic OH excluding ortho intramolecular Hbond substituents is 1. The average molecular weight is 418 g/mol. The molecule has 0 bridgehead atoms. The summed E-state index contributed by atoms with van der Waals surface area (Å²) in [6.45, 7) is 1.83. The molecule has 8 heteroatoms. The molecule has 0 saturated heterocycles. The van der Waals surface area contributed by atoms with Gasteiger partial charge in [-0.05, 0) is 58.7 Å². The van der Waals surface area contributed by atoms with Gasteiger partial charge in [-0.3, -0.25) is 4.79 Å². The number of nitrogens with zero attached hydrogens (tertiary/aromatic N) is 1. The minimum atomic E-state index is -1.01. The zero-order chi connectivity index (χ0) is 18.8. The Kier molecular flexibility index (Phi) is 4.94. The van der Waals surface area contributed by atoms with Gasteiger partial charge in [-0.1, -0.05) is 6.07 Å². The Bertz CT molecular complexity index is 999. The number of rotatable bonds is 4. The first-order valence-corrected chi connectivity index (χ1v) is 8.52. The summed E-state index contributed by atoms with van der Waals surface area (Å²) in [5.41, 5.74) is 2.35. The molecule has 0 spiro atoms. The fourth-order valence-corrected chi connectivity index (χ4v) is 2.99. The molecule has 0 fully saturated rings. The van der Waals surface area contributed by atoms with Gasteiger partial charge in [0.25, 0.3) is 5.91 Å². The number of imidazole rings is 1. The highest BCUT2D eigenvalue weighted by Gasteiger charge is 2.25. The Morgan fingerprint density at radius 1 is 1.27 bits per heavy atom. The number of methoxy groups -OCH3 is 1. The fourth-order valence-electron chi connectivity index (χ4n) is 2.59. The first-order chi connectivity index (χ1) is 12.4. The number of nitrogens with one attached hydrogen (secondary N) is 2. The molecule has 1 aromatic heterocycles. The zero-order valence-corrected chi connectivity index (χ0v) is 15.6. The van der Waals surface area contributed by atoms with Crippen LogP contribution >= 0.6 is 15.9 Å². The van der Waals surface area contributed by atoms with Crippen LogP contribution in [0, 0.1) is 6.92 Å². The van der Waals surface area contributed by atoms with Crippen molar-refractivity contribution in [1.82, 2.24) is 15.3 Å². The standard InChI is InChI=1S/C18H16BrN3O4/c1-9-20-13-5-3-11(8-14(13)21-9)17(24)22-16(18(25)26-2)10-4-6-15(23)12(19)7-10/h3-8,16,23H,1-2H3,(H,20,21)(H,22,24). The Morgan fingerprint density at radius 2 is 2.04 bits per heavy atom. The van der Waals surface area contributed by atoms with Crippen molar-refractivity contribution in [3.8, 4) is 5.75 Å². The summed E-state index contributed by atoms with van der Waals surface area (Å²) in [6.07, 6.45) is 0. The largest absolute Gasteiger partial charge is 0.507 e. The predicted molar refractivity (Wildman–Crippen MR) is 98.9 cm³/mol. The lowest BCUT2D eigenvalue weighted by atomic mass is 10.1. The monoisotopic (exact) mass is 417 g/mol. The van der Waals surface area contributed by atoms with E-state index in [2.05, 4.69) is 31.2 Å². The number of aromatic amines is 1. The second kappa shape index (κ2) is 7.17. The molecule has 26 heavy (non-hydrogen) atoms. The van der Waals surface area contributed by atoms with E-state index in [1.807, 2.05) is 6.92 Å². The van der Waals surface area contributed by atoms with Crippen LogP contribution in [0.15, 0.2) is 40.9 Å². The summed E-state index contributed by atoms with van der Waals surface area (Å²) >= 11 is 3.20. The quantitative estimate of drug-likeness (QED) is 0.566. The molecule has 1 unspecified atom stereocenters. The number of aromatic nitrogens is 2. The molecule has 7 nitrogen and oxygen atoms in total. The highest BCUT2D eigenvalue weighted by Crippen LogP contribution is 2.28. The van der Waals surface area contributed by atoms with Crippen molar-refractivity contribution in [1.29, 1.82) is 0 Å². The van der Waals surface area contributed by atoms with Gasteiger partial charge in [-0.2, -0.15) is 0 Å². The summed E-state index contributed by atoms with van der Waals surface area (Å²) in [4.78, 5) is 32.2. The van der Waals surface area contributed by atoms with Crippen molar-refractivity contribution < 1.29 is 19.4 Å². The highest BCUT2D eigenvalue weighted by molar-refractivity contribution is 9.10. The summed E-state index contributed by atoms with van der Waals surface area (Å²) in [6, 6.07) is 8.56. The first kappa shape index (κ1) is 17.9. The second-order valence-electron chi connectivity index (χ2n) is 5.69. The minimum absolute atomic E-state index is 0.0313. The average Bonchev–Trinajstić information content (AvgIpc) is 3.00. The second-order valence-corrected chi connectivity index (χ2v) is 6.55. The van der Waals surface area contributed by atoms with Crippen LogP contribution in [-0.2, 0) is 9.53 Å². The molecule has 3 rings (SSSR count). The number of phenols is 1. The van der Waals surface area contributed by atoms with E-state index in [1.54, 1.807) is 30.3 Å². The first-order valence-electron chi connectivity index (χ1n) is 7.72. The Hall–Kier alpha value is -2.87. The molecule has 1 heterocycles. The maximum atomic E-state index is 12.6. The maximum absolute atomic E-state index is 12.6. The van der Waals surface area contributed by atoms with Gasteiger partial charge in [0.2, 0.25) is 0 Å². The summed E-state index contributed by atoms with van der Waals surface area (Å²) in [5, 5.41) is 12.3. The van der Waals surface area contributed by atoms with Crippen LogP contribution in [0.4, 0.5) is 0 Å². The van der Waals surface area contributed by atoms with Gasteiger partial charge >= 0.3 is 5.97 Å². The van der Waals surface area contributed by atoms with Gasteiger partial charge < -0.3 is 20.1 Å². The topological polar surface area (TPSA) is 104 Å². The number of carbonyl (C=O) groups excluding carboxylic acids is 2. The molecule has 0 aliphatic rings. The number of hydrogen-bond acceptors (Lipinski definition) is 5. The molecule has 0 radical (unpaired) electrons. The van der Waals surface area contributed by atoms with Crippen molar-refractivity contribution in [2.75, 3.05) is 7.11 Å². The number of amides is 1. The number of hydrogen-bond donors (Lipinski definition) is 3. The van der Waals surface area contributed by atoms with Crippen LogP contribution in [-0.4, -0.2) is 34.1 Å². The van der Waals surface area contributed by atoms with Gasteiger partial charge in [0, 0.05) is 5.56 Å². The van der Waals surface area contributed by atoms with Crippen LogP contribution in [0.25, 0.3) is 11.0 Å². The lowest BCUT2D eigenvalue weighted by molar-refractivity contribution is -0.143. The van der Waals surface area contributed by atoms with Crippen molar-refractivity contribution in [3.63, 3.8) is 0 Å². The lowest BCUT2D eigenvalue weighted by Crippen LogP contribution is -2.34. The van der Waals surface area contributed by atoms with Crippen LogP contribution in [0.5, 0.6) is 5.75 Å². The number of benzene rings is 2. The Balaban J connectivity index is 1.90. The molecule has 0 aliphatic carbocycles. The van der Waals surface area contributed by atoms with E-state index >= 15 is 0 Å². The molecule has 134 valence electrons. The van der Waals surface area contributed by atoms with Gasteiger partial charge in [0.05, 0.1) is 22.6 Å². The minimum Gasteiger partial charge on any atom is -0.507 e. The number of H-pyrrole nitrogens is 1. The number of carbonyl (C=O) groups is 2. The van der Waals surface area contributed by atoms with E-state index in [9.17, 15) is 14.7 Å². The Labute approximate surface area is 157 Å². The van der Waals surface area contributed by atoms with E-state index in [0.29, 0.717) is 15.6 Å². The molecule has 1 amide bonds. The normalized spacial score (nSPS) is 12.0. The number of aromatic hydroxyl groups is 1. The summed E-state index contributed by atoms with van der Waals surface area (Å²) in [7, 11) is 1.25. The zero-order valence-electron chi connectivity index (χ0n) is 14.0. The summed E-state index contributed by atoms with van der Waals surface area (Å²) < 4.78 is 5.21. The van der Waals surface area contributed by atoms with Crippen molar-refractivity contribution in [2.45, 2.75) is 13.0 Å².